The standard InChI is InChI=1S/C22H14BrCl2F3N2O2/c1-11-8-13(24)3-5-15(11)20(31)16-6-4-14(10-17(16)25)29-18-7-2-12(23)9-19(18)30-21(32)22(26,27)28/h2-10,29H,1H3,(H,30,32). The maximum atomic E-state index is 12.9. The molecule has 0 aliphatic rings. The SMILES string of the molecule is Cc1cc(Cl)ccc1C(=O)c1ccc(Nc2ccc(Br)cc2NC(=O)C(F)(F)F)cc1Cl. The van der Waals surface area contributed by atoms with E-state index in [1.165, 1.54) is 24.3 Å². The molecule has 10 heteroatoms. The lowest BCUT2D eigenvalue weighted by Gasteiger charge is -2.15. The Morgan fingerprint density at radius 1 is 0.906 bits per heavy atom. The predicted octanol–water partition coefficient (Wildman–Crippen LogP) is 7.54. The highest BCUT2D eigenvalue weighted by Gasteiger charge is 2.39. The van der Waals surface area contributed by atoms with Crippen LogP contribution >= 0.6 is 39.1 Å². The van der Waals surface area contributed by atoms with Crippen molar-refractivity contribution in [2.24, 2.45) is 0 Å². The Morgan fingerprint density at radius 3 is 2.22 bits per heavy atom. The number of anilines is 3. The maximum absolute atomic E-state index is 12.9. The predicted molar refractivity (Wildman–Crippen MR) is 123 cm³/mol. The third kappa shape index (κ3) is 5.62. The van der Waals surface area contributed by atoms with Gasteiger partial charge in [-0.15, -0.1) is 0 Å². The summed E-state index contributed by atoms with van der Waals surface area (Å²) in [5, 5.41) is 5.39. The molecular formula is C22H14BrCl2F3N2O2. The summed E-state index contributed by atoms with van der Waals surface area (Å²) in [6.07, 6.45) is -5.04. The largest absolute Gasteiger partial charge is 0.471 e. The molecule has 0 atom stereocenters. The van der Waals surface area contributed by atoms with E-state index in [-0.39, 0.29) is 27.7 Å². The van der Waals surface area contributed by atoms with Crippen molar-refractivity contribution in [3.8, 4) is 0 Å². The Balaban J connectivity index is 1.88. The second kappa shape index (κ2) is 9.52. The van der Waals surface area contributed by atoms with Gasteiger partial charge in [0.1, 0.15) is 0 Å². The van der Waals surface area contributed by atoms with Crippen LogP contribution in [0, 0.1) is 6.92 Å². The second-order valence-electron chi connectivity index (χ2n) is 6.75. The number of rotatable bonds is 5. The first kappa shape index (κ1) is 24.1. The van der Waals surface area contributed by atoms with Crippen LogP contribution in [-0.4, -0.2) is 17.9 Å². The molecule has 0 saturated carbocycles. The Labute approximate surface area is 199 Å². The normalized spacial score (nSPS) is 11.2. The van der Waals surface area contributed by atoms with E-state index in [1.54, 1.807) is 37.3 Å². The fourth-order valence-electron chi connectivity index (χ4n) is 2.88. The fraction of sp³-hybridized carbons (Fsp3) is 0.0909. The first-order valence-electron chi connectivity index (χ1n) is 9.01. The van der Waals surface area contributed by atoms with Gasteiger partial charge in [0.2, 0.25) is 0 Å². The maximum Gasteiger partial charge on any atom is 0.471 e. The number of hydrogen-bond acceptors (Lipinski definition) is 3. The second-order valence-corrected chi connectivity index (χ2v) is 8.51. The van der Waals surface area contributed by atoms with Crippen LogP contribution < -0.4 is 10.6 Å². The molecule has 0 saturated heterocycles. The molecule has 0 heterocycles. The monoisotopic (exact) mass is 544 g/mol. The number of benzene rings is 3. The Kier molecular flexibility index (Phi) is 7.17. The highest BCUT2D eigenvalue weighted by atomic mass is 79.9. The summed E-state index contributed by atoms with van der Waals surface area (Å²) >= 11 is 15.4. The highest BCUT2D eigenvalue weighted by Crippen LogP contribution is 2.32. The number of amides is 1. The summed E-state index contributed by atoms with van der Waals surface area (Å²) in [5.41, 5.74) is 1.92. The molecule has 3 aromatic rings. The molecule has 0 bridgehead atoms. The molecule has 0 unspecified atom stereocenters. The molecule has 3 aromatic carbocycles. The molecule has 0 spiro atoms. The number of alkyl halides is 3. The molecule has 0 fully saturated rings. The van der Waals surface area contributed by atoms with Gasteiger partial charge in [0.25, 0.3) is 0 Å². The fourth-order valence-corrected chi connectivity index (χ4v) is 3.74. The van der Waals surface area contributed by atoms with Crippen LogP contribution in [0.4, 0.5) is 30.2 Å². The van der Waals surface area contributed by atoms with Crippen molar-refractivity contribution in [3.05, 3.63) is 85.8 Å². The number of hydrogen-bond donors (Lipinski definition) is 2. The molecule has 32 heavy (non-hydrogen) atoms. The lowest BCUT2D eigenvalue weighted by molar-refractivity contribution is -0.167. The lowest BCUT2D eigenvalue weighted by Crippen LogP contribution is -2.30. The van der Waals surface area contributed by atoms with Crippen molar-refractivity contribution < 1.29 is 22.8 Å². The summed E-state index contributed by atoms with van der Waals surface area (Å²) in [6, 6.07) is 13.8. The summed E-state index contributed by atoms with van der Waals surface area (Å²) in [7, 11) is 0. The van der Waals surface area contributed by atoms with E-state index in [0.29, 0.717) is 26.3 Å². The van der Waals surface area contributed by atoms with Crippen LogP contribution in [0.3, 0.4) is 0 Å². The highest BCUT2D eigenvalue weighted by molar-refractivity contribution is 9.10. The number of carbonyl (C=O) groups is 2. The lowest BCUT2D eigenvalue weighted by atomic mass is 9.99. The number of ketones is 1. The van der Waals surface area contributed by atoms with Crippen molar-refractivity contribution in [2.45, 2.75) is 13.1 Å². The van der Waals surface area contributed by atoms with Crippen molar-refractivity contribution in [1.82, 2.24) is 0 Å². The zero-order valence-corrected chi connectivity index (χ0v) is 19.4. The molecule has 0 aromatic heterocycles. The van der Waals surface area contributed by atoms with Crippen LogP contribution in [0.1, 0.15) is 21.5 Å². The smallest absolute Gasteiger partial charge is 0.354 e. The molecular weight excluding hydrogens is 532 g/mol. The molecule has 0 aliphatic heterocycles. The zero-order chi connectivity index (χ0) is 23.6. The third-order valence-electron chi connectivity index (χ3n) is 4.41. The van der Waals surface area contributed by atoms with Gasteiger partial charge in [-0.25, -0.2) is 0 Å². The van der Waals surface area contributed by atoms with E-state index < -0.39 is 12.1 Å². The Bertz CT molecular complexity index is 1220. The van der Waals surface area contributed by atoms with Crippen LogP contribution in [0.5, 0.6) is 0 Å². The third-order valence-corrected chi connectivity index (χ3v) is 5.45. The first-order chi connectivity index (χ1) is 15.0. The van der Waals surface area contributed by atoms with Crippen molar-refractivity contribution in [1.29, 1.82) is 0 Å². The van der Waals surface area contributed by atoms with Gasteiger partial charge in [0.15, 0.2) is 5.78 Å². The van der Waals surface area contributed by atoms with E-state index >= 15 is 0 Å². The Morgan fingerprint density at radius 2 is 1.59 bits per heavy atom. The number of nitrogens with one attached hydrogen (secondary N) is 2. The zero-order valence-electron chi connectivity index (χ0n) is 16.3. The van der Waals surface area contributed by atoms with Crippen molar-refractivity contribution in [3.63, 3.8) is 0 Å². The Hall–Kier alpha value is -2.55. The van der Waals surface area contributed by atoms with E-state index in [0.717, 1.165) is 0 Å². The number of halogens is 6. The number of aryl methyl sites for hydroxylation is 1. The van der Waals surface area contributed by atoms with Gasteiger partial charge in [0.05, 0.1) is 16.4 Å². The molecule has 0 radical (unpaired) electrons. The summed E-state index contributed by atoms with van der Waals surface area (Å²) < 4.78 is 38.4. The van der Waals surface area contributed by atoms with Crippen molar-refractivity contribution in [2.75, 3.05) is 10.6 Å². The van der Waals surface area contributed by atoms with Crippen molar-refractivity contribution >= 4 is 67.9 Å². The van der Waals surface area contributed by atoms with Gasteiger partial charge in [-0.2, -0.15) is 13.2 Å². The summed E-state index contributed by atoms with van der Waals surface area (Å²) in [6.45, 7) is 1.76. The average molecular weight is 546 g/mol. The molecule has 2 N–H and O–H groups in total. The van der Waals surface area contributed by atoms with Gasteiger partial charge in [-0.3, -0.25) is 9.59 Å². The summed E-state index contributed by atoms with van der Waals surface area (Å²) in [4.78, 5) is 24.2. The minimum atomic E-state index is -5.04. The number of carbonyl (C=O) groups excluding carboxylic acids is 2. The van der Waals surface area contributed by atoms with E-state index in [9.17, 15) is 22.8 Å². The van der Waals surface area contributed by atoms with Gasteiger partial charge in [-0.1, -0.05) is 39.1 Å². The molecule has 3 rings (SSSR count). The van der Waals surface area contributed by atoms with E-state index in [4.69, 9.17) is 23.2 Å². The topological polar surface area (TPSA) is 58.2 Å². The van der Waals surface area contributed by atoms with Crippen LogP contribution in [-0.2, 0) is 4.79 Å². The minimum absolute atomic E-state index is 0.0882. The van der Waals surface area contributed by atoms with E-state index in [2.05, 4.69) is 21.2 Å². The molecule has 1 amide bonds. The molecule has 166 valence electrons. The average Bonchev–Trinajstić information content (AvgIpc) is 2.69. The van der Waals surface area contributed by atoms with Gasteiger partial charge in [0, 0.05) is 26.3 Å². The van der Waals surface area contributed by atoms with Crippen LogP contribution in [0.2, 0.25) is 10.0 Å². The van der Waals surface area contributed by atoms with Gasteiger partial charge >= 0.3 is 12.1 Å². The van der Waals surface area contributed by atoms with Crippen LogP contribution in [0.25, 0.3) is 0 Å². The summed E-state index contributed by atoms with van der Waals surface area (Å²) in [5.74, 6) is -2.39. The molecule has 4 nitrogen and oxygen atoms in total. The minimum Gasteiger partial charge on any atom is -0.354 e. The first-order valence-corrected chi connectivity index (χ1v) is 10.6. The van der Waals surface area contributed by atoms with E-state index in [1.807, 2.05) is 5.32 Å². The van der Waals surface area contributed by atoms with Crippen LogP contribution in [0.15, 0.2) is 59.1 Å². The van der Waals surface area contributed by atoms with Gasteiger partial charge < -0.3 is 10.6 Å². The van der Waals surface area contributed by atoms with Gasteiger partial charge in [-0.05, 0) is 67.1 Å². The quantitative estimate of drug-likeness (QED) is 0.325. The molecule has 0 aliphatic carbocycles.